The fraction of sp³-hybridized carbons (Fsp3) is 0.400. The van der Waals surface area contributed by atoms with Crippen LogP contribution in [0.1, 0.15) is 30.9 Å². The van der Waals surface area contributed by atoms with Crippen LogP contribution in [0.4, 0.5) is 0 Å². The second-order valence-electron chi connectivity index (χ2n) is 3.45. The highest BCUT2D eigenvalue weighted by Crippen LogP contribution is 2.14. The quantitative estimate of drug-likeness (QED) is 0.436. The van der Waals surface area contributed by atoms with Gasteiger partial charge in [-0.1, -0.05) is 48.6 Å². The van der Waals surface area contributed by atoms with Gasteiger partial charge in [-0.05, 0) is 17.0 Å². The van der Waals surface area contributed by atoms with Crippen molar-refractivity contribution in [3.63, 3.8) is 0 Å². The summed E-state index contributed by atoms with van der Waals surface area (Å²) in [4.78, 5) is 0. The molecule has 1 rings (SSSR count). The average Bonchev–Trinajstić information content (AvgIpc) is 2.19. The van der Waals surface area contributed by atoms with Gasteiger partial charge >= 0.3 is 0 Å². The first-order valence-corrected chi connectivity index (χ1v) is 4.65. The Bertz CT molecular complexity index is 289. The molecule has 0 saturated carbocycles. The van der Waals surface area contributed by atoms with Crippen molar-refractivity contribution in [3.05, 3.63) is 35.4 Å². The Morgan fingerprint density at radius 2 is 1.93 bits per heavy atom. The van der Waals surface area contributed by atoms with Crippen LogP contribution in [0.2, 0.25) is 0 Å². The van der Waals surface area contributed by atoms with Gasteiger partial charge in [0.1, 0.15) is 0 Å². The van der Waals surface area contributed by atoms with Crippen LogP contribution >= 0.6 is 0 Å². The van der Waals surface area contributed by atoms with Crippen molar-refractivity contribution in [3.8, 4) is 0 Å². The van der Waals surface area contributed by atoms with Crippen LogP contribution in [0.25, 0.3) is 0 Å². The van der Waals surface area contributed by atoms with E-state index in [0.29, 0.717) is 12.5 Å². The molecule has 0 aliphatic heterocycles. The second-order valence-corrected chi connectivity index (χ2v) is 3.45. The van der Waals surface area contributed by atoms with Crippen LogP contribution in [0, 0.1) is 0 Å². The van der Waals surface area contributed by atoms with E-state index in [-0.39, 0.29) is 0 Å². The van der Waals surface area contributed by atoms with Gasteiger partial charge in [-0.2, -0.15) is 0 Å². The third-order valence-corrected chi connectivity index (χ3v) is 2.06. The zero-order valence-electron chi connectivity index (χ0n) is 8.57. The number of nitrogens with two attached hydrogens (primary N) is 1. The van der Waals surface area contributed by atoms with Gasteiger partial charge in [-0.25, -0.2) is 0 Å². The molecular formula is C10H16N4. The molecule has 0 amide bonds. The van der Waals surface area contributed by atoms with Crippen molar-refractivity contribution in [1.82, 2.24) is 5.43 Å². The normalized spacial score (nSPS) is 11.1. The summed E-state index contributed by atoms with van der Waals surface area (Å²) in [6, 6.07) is 8.41. The van der Waals surface area contributed by atoms with E-state index < -0.39 is 0 Å². The van der Waals surface area contributed by atoms with Crippen LogP contribution in [0.5, 0.6) is 0 Å². The number of nitrogens with zero attached hydrogens (tertiary/aromatic N) is 2. The number of hydrogen-bond donors (Lipinski definition) is 2. The molecular weight excluding hydrogens is 176 g/mol. The van der Waals surface area contributed by atoms with Crippen molar-refractivity contribution in [2.24, 2.45) is 16.3 Å². The zero-order valence-corrected chi connectivity index (χ0v) is 8.57. The number of nitrogens with one attached hydrogen (secondary N) is 1. The van der Waals surface area contributed by atoms with Crippen molar-refractivity contribution < 1.29 is 0 Å². The molecule has 0 fully saturated rings. The lowest BCUT2D eigenvalue weighted by Gasteiger charge is -2.06. The molecule has 0 unspecified atom stereocenters. The van der Waals surface area contributed by atoms with Gasteiger partial charge in [0.05, 0.1) is 6.54 Å². The second kappa shape index (κ2) is 5.21. The average molecular weight is 192 g/mol. The van der Waals surface area contributed by atoms with Crippen LogP contribution < -0.4 is 11.3 Å². The highest BCUT2D eigenvalue weighted by Gasteiger charge is 1.97. The monoisotopic (exact) mass is 192 g/mol. The lowest BCUT2D eigenvalue weighted by Crippen LogP contribution is -2.04. The molecule has 4 nitrogen and oxygen atoms in total. The van der Waals surface area contributed by atoms with E-state index in [1.165, 1.54) is 11.1 Å². The summed E-state index contributed by atoms with van der Waals surface area (Å²) >= 11 is 0. The van der Waals surface area contributed by atoms with Gasteiger partial charge in [0, 0.05) is 0 Å². The first-order chi connectivity index (χ1) is 6.74. The Hall–Kier alpha value is -1.58. The lowest BCUT2D eigenvalue weighted by atomic mass is 10.0. The fourth-order valence-electron chi connectivity index (χ4n) is 1.19. The molecule has 76 valence electrons. The van der Waals surface area contributed by atoms with E-state index in [1.807, 2.05) is 0 Å². The summed E-state index contributed by atoms with van der Waals surface area (Å²) in [7, 11) is 0. The maximum atomic E-state index is 4.85. The summed E-state index contributed by atoms with van der Waals surface area (Å²) in [5.74, 6) is 5.42. The Morgan fingerprint density at radius 1 is 1.29 bits per heavy atom. The fourth-order valence-corrected chi connectivity index (χ4v) is 1.19. The summed E-state index contributed by atoms with van der Waals surface area (Å²) in [5.41, 5.74) is 5.24. The van der Waals surface area contributed by atoms with E-state index in [0.717, 1.165) is 0 Å². The summed E-state index contributed by atoms with van der Waals surface area (Å²) in [5, 5.41) is 6.59. The van der Waals surface area contributed by atoms with Gasteiger partial charge in [0.15, 0.2) is 0 Å². The summed E-state index contributed by atoms with van der Waals surface area (Å²) < 4.78 is 0. The molecule has 0 aromatic heterocycles. The molecule has 4 heteroatoms. The molecule has 0 bridgehead atoms. The minimum Gasteiger partial charge on any atom is -0.303 e. The Morgan fingerprint density at radius 3 is 2.43 bits per heavy atom. The molecule has 0 aliphatic rings. The topological polar surface area (TPSA) is 62.8 Å². The van der Waals surface area contributed by atoms with E-state index in [2.05, 4.69) is 54.0 Å². The van der Waals surface area contributed by atoms with E-state index in [1.54, 1.807) is 0 Å². The molecule has 0 radical (unpaired) electrons. The molecule has 3 N–H and O–H groups in total. The minimum absolute atomic E-state index is 0.570. The lowest BCUT2D eigenvalue weighted by molar-refractivity contribution is 0.677. The third kappa shape index (κ3) is 3.05. The largest absolute Gasteiger partial charge is 0.303 e. The highest BCUT2D eigenvalue weighted by atomic mass is 15.5. The Balaban J connectivity index is 2.55. The summed E-state index contributed by atoms with van der Waals surface area (Å²) in [6.45, 7) is 5.00. The van der Waals surface area contributed by atoms with Crippen LogP contribution in [-0.2, 0) is 6.54 Å². The molecule has 0 heterocycles. The Kier molecular flexibility index (Phi) is 3.91. The van der Waals surface area contributed by atoms with Crippen molar-refractivity contribution in [2.45, 2.75) is 26.3 Å². The molecule has 0 saturated heterocycles. The van der Waals surface area contributed by atoms with Crippen molar-refractivity contribution >= 4 is 0 Å². The maximum Gasteiger partial charge on any atom is 0.0597 e. The molecule has 0 atom stereocenters. The van der Waals surface area contributed by atoms with Gasteiger partial charge < -0.3 is 5.84 Å². The molecule has 14 heavy (non-hydrogen) atoms. The van der Waals surface area contributed by atoms with Crippen LogP contribution in [-0.4, -0.2) is 0 Å². The standard InChI is InChI=1S/C10H16N4/c1-8(2)10-5-3-9(4-6-10)7-12-14-13-11/h3-6,8H,7H2,1-2H3,(H2,11,14)(H,12,13). The van der Waals surface area contributed by atoms with Crippen LogP contribution in [0.15, 0.2) is 34.7 Å². The number of rotatable bonds is 4. The predicted molar refractivity (Wildman–Crippen MR) is 56.4 cm³/mol. The van der Waals surface area contributed by atoms with Gasteiger partial charge in [0.2, 0.25) is 0 Å². The van der Waals surface area contributed by atoms with E-state index >= 15 is 0 Å². The van der Waals surface area contributed by atoms with Gasteiger partial charge in [-0.3, -0.25) is 5.43 Å². The van der Waals surface area contributed by atoms with E-state index in [9.17, 15) is 0 Å². The van der Waals surface area contributed by atoms with E-state index in [4.69, 9.17) is 5.84 Å². The molecule has 0 spiro atoms. The van der Waals surface area contributed by atoms with Crippen LogP contribution in [0.3, 0.4) is 0 Å². The highest BCUT2D eigenvalue weighted by molar-refractivity contribution is 5.24. The molecule has 1 aromatic carbocycles. The van der Waals surface area contributed by atoms with Gasteiger partial charge in [0.25, 0.3) is 0 Å². The minimum atomic E-state index is 0.570. The zero-order chi connectivity index (χ0) is 10.4. The number of hydrogen-bond acceptors (Lipinski definition) is 2. The molecule has 0 aliphatic carbocycles. The summed E-state index contributed by atoms with van der Waals surface area (Å²) in [6.07, 6.45) is 0. The van der Waals surface area contributed by atoms with Gasteiger partial charge in [-0.15, -0.1) is 0 Å². The van der Waals surface area contributed by atoms with Crippen molar-refractivity contribution in [2.75, 3.05) is 0 Å². The third-order valence-electron chi connectivity index (χ3n) is 2.06. The maximum absolute atomic E-state index is 4.85. The Labute approximate surface area is 84.2 Å². The first kappa shape index (κ1) is 10.5. The predicted octanol–water partition coefficient (Wildman–Crippen LogP) is 2.14. The SMILES string of the molecule is CC(C)c1ccc(CNN=NN)cc1. The molecule has 1 aromatic rings. The smallest absolute Gasteiger partial charge is 0.0597 e. The number of benzene rings is 1. The first-order valence-electron chi connectivity index (χ1n) is 4.65. The van der Waals surface area contributed by atoms with Crippen molar-refractivity contribution in [1.29, 1.82) is 0 Å².